The van der Waals surface area contributed by atoms with Gasteiger partial charge in [0.2, 0.25) is 0 Å². The molecule has 0 saturated carbocycles. The summed E-state index contributed by atoms with van der Waals surface area (Å²) in [7, 11) is 3.26. The van der Waals surface area contributed by atoms with Crippen LogP contribution in [0.5, 0.6) is 5.75 Å². The van der Waals surface area contributed by atoms with Crippen molar-refractivity contribution in [2.75, 3.05) is 27.2 Å². The van der Waals surface area contributed by atoms with Crippen LogP contribution in [0.25, 0.3) is 0 Å². The Kier molecular flexibility index (Phi) is 6.56. The SMILES string of the molecule is COc1ccc(Cl)cc1CN(C)C(=O)c1ccc2n(c1=O)C[C@@H]1CNC[C@H]2C1.Cl. The molecule has 156 valence electrons. The Morgan fingerprint density at radius 1 is 1.31 bits per heavy atom. The molecule has 1 N–H and O–H groups in total. The predicted molar refractivity (Wildman–Crippen MR) is 115 cm³/mol. The summed E-state index contributed by atoms with van der Waals surface area (Å²) >= 11 is 6.09. The second-order valence-corrected chi connectivity index (χ2v) is 8.10. The number of hydrogen-bond donors (Lipinski definition) is 1. The van der Waals surface area contributed by atoms with E-state index in [9.17, 15) is 9.59 Å². The molecule has 0 aliphatic carbocycles. The first-order chi connectivity index (χ1) is 13.5. The van der Waals surface area contributed by atoms with Gasteiger partial charge in [0, 0.05) is 48.9 Å². The third-order valence-electron chi connectivity index (χ3n) is 5.74. The normalized spacial score (nSPS) is 19.7. The highest BCUT2D eigenvalue weighted by Crippen LogP contribution is 2.32. The lowest BCUT2D eigenvalue weighted by Crippen LogP contribution is -2.46. The first-order valence-corrected chi connectivity index (χ1v) is 9.88. The summed E-state index contributed by atoms with van der Waals surface area (Å²) in [5, 5.41) is 4.01. The zero-order valence-electron chi connectivity index (χ0n) is 16.5. The summed E-state index contributed by atoms with van der Waals surface area (Å²) < 4.78 is 7.17. The fraction of sp³-hybridized carbons (Fsp3) is 0.429. The minimum absolute atomic E-state index is 0. The number of halogens is 2. The van der Waals surface area contributed by atoms with E-state index in [1.165, 1.54) is 4.90 Å². The maximum atomic E-state index is 13.1. The van der Waals surface area contributed by atoms with Crippen LogP contribution in [0.2, 0.25) is 5.02 Å². The van der Waals surface area contributed by atoms with Crippen molar-refractivity contribution in [3.63, 3.8) is 0 Å². The second kappa shape index (κ2) is 8.78. The van der Waals surface area contributed by atoms with Gasteiger partial charge in [-0.3, -0.25) is 9.59 Å². The summed E-state index contributed by atoms with van der Waals surface area (Å²) in [6.45, 7) is 2.79. The van der Waals surface area contributed by atoms with Gasteiger partial charge in [0.15, 0.2) is 0 Å². The highest BCUT2D eigenvalue weighted by Gasteiger charge is 2.32. The topological polar surface area (TPSA) is 63.6 Å². The molecule has 2 atom stereocenters. The van der Waals surface area contributed by atoms with Gasteiger partial charge in [-0.15, -0.1) is 12.4 Å². The van der Waals surface area contributed by atoms with Crippen LogP contribution in [0, 0.1) is 5.92 Å². The van der Waals surface area contributed by atoms with E-state index >= 15 is 0 Å². The minimum atomic E-state index is -0.295. The summed E-state index contributed by atoms with van der Waals surface area (Å²) in [5.74, 6) is 1.16. The van der Waals surface area contributed by atoms with E-state index in [2.05, 4.69) is 5.32 Å². The summed E-state index contributed by atoms with van der Waals surface area (Å²) in [5.41, 5.74) is 1.85. The molecule has 2 aliphatic rings. The molecule has 0 radical (unpaired) electrons. The Balaban J connectivity index is 0.00000240. The van der Waals surface area contributed by atoms with Gasteiger partial charge in [0.1, 0.15) is 11.3 Å². The monoisotopic (exact) mass is 437 g/mol. The molecule has 2 aliphatic heterocycles. The lowest BCUT2D eigenvalue weighted by atomic mass is 9.84. The van der Waals surface area contributed by atoms with E-state index in [0.717, 1.165) is 30.8 Å². The third-order valence-corrected chi connectivity index (χ3v) is 5.97. The van der Waals surface area contributed by atoms with Crippen LogP contribution in [0.1, 0.15) is 34.0 Å². The summed E-state index contributed by atoms with van der Waals surface area (Å²) in [4.78, 5) is 27.6. The van der Waals surface area contributed by atoms with Crippen molar-refractivity contribution in [2.45, 2.75) is 25.4 Å². The van der Waals surface area contributed by atoms with E-state index in [4.69, 9.17) is 16.3 Å². The number of piperidine rings is 1. The summed E-state index contributed by atoms with van der Waals surface area (Å²) in [6.07, 6.45) is 1.11. The van der Waals surface area contributed by atoms with Crippen LogP contribution in [0.4, 0.5) is 0 Å². The molecule has 1 saturated heterocycles. The van der Waals surface area contributed by atoms with E-state index in [1.54, 1.807) is 43.0 Å². The molecule has 1 fully saturated rings. The van der Waals surface area contributed by atoms with Crippen LogP contribution < -0.4 is 15.6 Å². The number of benzene rings is 1. The number of fused-ring (bicyclic) bond motifs is 4. The fourth-order valence-corrected chi connectivity index (χ4v) is 4.55. The maximum Gasteiger partial charge on any atom is 0.263 e. The minimum Gasteiger partial charge on any atom is -0.496 e. The average molecular weight is 438 g/mol. The number of nitrogens with zero attached hydrogens (tertiary/aromatic N) is 2. The number of aromatic nitrogens is 1. The predicted octanol–water partition coefficient (Wildman–Crippen LogP) is 2.91. The number of hydrogen-bond acceptors (Lipinski definition) is 4. The van der Waals surface area contributed by atoms with Gasteiger partial charge >= 0.3 is 0 Å². The van der Waals surface area contributed by atoms with Crippen LogP contribution in [0.15, 0.2) is 35.1 Å². The third kappa shape index (κ3) is 4.15. The molecule has 3 heterocycles. The molecule has 29 heavy (non-hydrogen) atoms. The quantitative estimate of drug-likeness (QED) is 0.798. The van der Waals surface area contributed by atoms with Crippen molar-refractivity contribution in [3.05, 3.63) is 62.5 Å². The standard InChI is InChI=1S/C21H24ClN3O3.ClH/c1-24(12-15-8-16(22)3-6-19(15)28-2)20(26)17-4-5-18-14-7-13(9-23-10-14)11-25(18)21(17)27;/h3-6,8,13-14,23H,7,9-12H2,1-2H3;1H/t13-,14+;/m0./s1. The number of methoxy groups -OCH3 is 1. The molecular weight excluding hydrogens is 413 g/mol. The Morgan fingerprint density at radius 3 is 2.86 bits per heavy atom. The Morgan fingerprint density at radius 2 is 2.10 bits per heavy atom. The Hall–Kier alpha value is -2.02. The number of ether oxygens (including phenoxy) is 1. The molecule has 2 bridgehead atoms. The van der Waals surface area contributed by atoms with E-state index in [1.807, 2.05) is 6.07 Å². The molecular formula is C21H25Cl2N3O3. The molecule has 8 heteroatoms. The van der Waals surface area contributed by atoms with Crippen LogP contribution in [-0.4, -0.2) is 42.6 Å². The van der Waals surface area contributed by atoms with Gasteiger partial charge in [-0.1, -0.05) is 11.6 Å². The van der Waals surface area contributed by atoms with Gasteiger partial charge in [-0.05, 0) is 49.2 Å². The number of nitrogens with one attached hydrogen (secondary N) is 1. The maximum absolute atomic E-state index is 13.1. The van der Waals surface area contributed by atoms with Crippen LogP contribution >= 0.6 is 24.0 Å². The van der Waals surface area contributed by atoms with Gasteiger partial charge < -0.3 is 19.5 Å². The highest BCUT2D eigenvalue weighted by molar-refractivity contribution is 6.30. The highest BCUT2D eigenvalue weighted by atomic mass is 35.5. The van der Waals surface area contributed by atoms with Crippen LogP contribution in [0.3, 0.4) is 0 Å². The van der Waals surface area contributed by atoms with Crippen molar-refractivity contribution in [1.82, 2.24) is 14.8 Å². The number of pyridine rings is 1. The van der Waals surface area contributed by atoms with Gasteiger partial charge in [-0.25, -0.2) is 0 Å². The molecule has 1 aromatic carbocycles. The number of carbonyl (C=O) groups is 1. The molecule has 1 aromatic heterocycles. The first-order valence-electron chi connectivity index (χ1n) is 9.50. The molecule has 0 unspecified atom stereocenters. The van der Waals surface area contributed by atoms with Crippen molar-refractivity contribution < 1.29 is 9.53 Å². The van der Waals surface area contributed by atoms with Crippen molar-refractivity contribution in [2.24, 2.45) is 5.92 Å². The first kappa shape index (κ1) is 21.7. The second-order valence-electron chi connectivity index (χ2n) is 7.66. The number of amides is 1. The van der Waals surface area contributed by atoms with Gasteiger partial charge in [0.25, 0.3) is 11.5 Å². The van der Waals surface area contributed by atoms with Gasteiger partial charge in [0.05, 0.1) is 7.11 Å². The van der Waals surface area contributed by atoms with Crippen LogP contribution in [-0.2, 0) is 13.1 Å². The molecule has 2 aromatic rings. The van der Waals surface area contributed by atoms with E-state index < -0.39 is 0 Å². The average Bonchev–Trinajstić information content (AvgIpc) is 2.69. The smallest absolute Gasteiger partial charge is 0.263 e. The van der Waals surface area contributed by atoms with Crippen molar-refractivity contribution >= 4 is 29.9 Å². The molecule has 6 nitrogen and oxygen atoms in total. The van der Waals surface area contributed by atoms with E-state index in [-0.39, 0.29) is 29.4 Å². The Labute approximate surface area is 181 Å². The zero-order valence-corrected chi connectivity index (χ0v) is 18.1. The van der Waals surface area contributed by atoms with Gasteiger partial charge in [-0.2, -0.15) is 0 Å². The van der Waals surface area contributed by atoms with Crippen molar-refractivity contribution in [1.29, 1.82) is 0 Å². The lowest BCUT2D eigenvalue weighted by molar-refractivity contribution is 0.0781. The van der Waals surface area contributed by atoms with Crippen molar-refractivity contribution in [3.8, 4) is 5.75 Å². The molecule has 4 rings (SSSR count). The number of rotatable bonds is 4. The lowest BCUT2D eigenvalue weighted by Gasteiger charge is -2.37. The zero-order chi connectivity index (χ0) is 19.8. The van der Waals surface area contributed by atoms with E-state index in [0.29, 0.717) is 35.7 Å². The summed E-state index contributed by atoms with van der Waals surface area (Å²) in [6, 6.07) is 8.91. The molecule has 0 spiro atoms. The largest absolute Gasteiger partial charge is 0.496 e. The number of carbonyl (C=O) groups excluding carboxylic acids is 1. The molecule has 1 amide bonds. The Bertz CT molecular complexity index is 976. The fourth-order valence-electron chi connectivity index (χ4n) is 4.36.